The molecule has 5 heteroatoms. The summed E-state index contributed by atoms with van der Waals surface area (Å²) >= 11 is 0. The molecule has 1 N–H and O–H groups in total. The number of nitrogens with one attached hydrogen (secondary N) is 1. The van der Waals surface area contributed by atoms with Gasteiger partial charge in [-0.15, -0.1) is 0 Å². The molecule has 0 saturated heterocycles. The molecule has 0 spiro atoms. The van der Waals surface area contributed by atoms with Gasteiger partial charge in [0.2, 0.25) is 0 Å². The van der Waals surface area contributed by atoms with E-state index in [2.05, 4.69) is 15.2 Å². The van der Waals surface area contributed by atoms with Crippen molar-refractivity contribution in [2.24, 2.45) is 0 Å². The number of aromatic amines is 1. The standard InChI is InChI=1S/C9H6N4O/c14-9-6-5-10-12-8(6)11-7-3-1-2-4-13(7)9/h1-5H,(H,10,12). The Balaban J connectivity index is 2.70. The largest absolute Gasteiger partial charge is 0.268 e. The Morgan fingerprint density at radius 1 is 1.36 bits per heavy atom. The summed E-state index contributed by atoms with van der Waals surface area (Å²) in [6.07, 6.45) is 3.18. The number of nitrogens with zero attached hydrogens (tertiary/aromatic N) is 3. The lowest BCUT2D eigenvalue weighted by molar-refractivity contribution is 1.06. The molecule has 0 unspecified atom stereocenters. The van der Waals surface area contributed by atoms with Crippen LogP contribution < -0.4 is 5.56 Å². The first-order valence-corrected chi connectivity index (χ1v) is 4.17. The second-order valence-corrected chi connectivity index (χ2v) is 2.98. The summed E-state index contributed by atoms with van der Waals surface area (Å²) < 4.78 is 1.50. The molecule has 0 saturated carbocycles. The van der Waals surface area contributed by atoms with E-state index >= 15 is 0 Å². The summed E-state index contributed by atoms with van der Waals surface area (Å²) in [5, 5.41) is 6.97. The van der Waals surface area contributed by atoms with E-state index in [1.54, 1.807) is 18.3 Å². The quantitative estimate of drug-likeness (QED) is 0.558. The topological polar surface area (TPSA) is 63.0 Å². The number of H-pyrrole nitrogens is 1. The van der Waals surface area contributed by atoms with Gasteiger partial charge in [-0.2, -0.15) is 5.10 Å². The molecule has 0 aliphatic rings. The number of aromatic nitrogens is 4. The second-order valence-electron chi connectivity index (χ2n) is 2.98. The number of rotatable bonds is 0. The molecule has 3 aromatic heterocycles. The van der Waals surface area contributed by atoms with Gasteiger partial charge in [-0.25, -0.2) is 4.98 Å². The van der Waals surface area contributed by atoms with Crippen molar-refractivity contribution in [3.8, 4) is 0 Å². The minimum atomic E-state index is -0.0978. The Morgan fingerprint density at radius 3 is 3.21 bits per heavy atom. The average Bonchev–Trinajstić information content (AvgIpc) is 2.66. The zero-order valence-corrected chi connectivity index (χ0v) is 7.14. The van der Waals surface area contributed by atoms with Crippen LogP contribution in [0, 0.1) is 0 Å². The maximum atomic E-state index is 11.8. The fraction of sp³-hybridized carbons (Fsp3) is 0. The summed E-state index contributed by atoms with van der Waals surface area (Å²) in [5.41, 5.74) is 1.05. The van der Waals surface area contributed by atoms with Crippen molar-refractivity contribution < 1.29 is 0 Å². The fourth-order valence-corrected chi connectivity index (χ4v) is 1.46. The predicted octanol–water partition coefficient (Wildman–Crippen LogP) is 0.571. The molecule has 0 amide bonds. The third-order valence-corrected chi connectivity index (χ3v) is 2.13. The molecule has 0 atom stereocenters. The van der Waals surface area contributed by atoms with E-state index in [1.165, 1.54) is 10.6 Å². The van der Waals surface area contributed by atoms with Crippen molar-refractivity contribution in [3.05, 3.63) is 40.9 Å². The van der Waals surface area contributed by atoms with Crippen LogP contribution in [-0.4, -0.2) is 19.6 Å². The molecular formula is C9H6N4O. The molecule has 0 aliphatic carbocycles. The van der Waals surface area contributed by atoms with Crippen molar-refractivity contribution in [3.63, 3.8) is 0 Å². The highest BCUT2D eigenvalue weighted by molar-refractivity contribution is 5.74. The number of fused-ring (bicyclic) bond motifs is 2. The van der Waals surface area contributed by atoms with Crippen LogP contribution in [0.1, 0.15) is 0 Å². The lowest BCUT2D eigenvalue weighted by Crippen LogP contribution is -2.13. The van der Waals surface area contributed by atoms with Crippen LogP contribution in [0.5, 0.6) is 0 Å². The van der Waals surface area contributed by atoms with Crippen LogP contribution in [0.25, 0.3) is 16.7 Å². The van der Waals surface area contributed by atoms with Gasteiger partial charge in [0.05, 0.1) is 6.20 Å². The lowest BCUT2D eigenvalue weighted by atomic mass is 10.4. The number of hydrogen-bond donors (Lipinski definition) is 1. The molecule has 0 aromatic carbocycles. The molecular weight excluding hydrogens is 180 g/mol. The van der Waals surface area contributed by atoms with E-state index in [1.807, 2.05) is 6.07 Å². The van der Waals surface area contributed by atoms with Crippen LogP contribution in [-0.2, 0) is 0 Å². The highest BCUT2D eigenvalue weighted by Crippen LogP contribution is 2.04. The molecule has 5 nitrogen and oxygen atoms in total. The van der Waals surface area contributed by atoms with E-state index in [-0.39, 0.29) is 5.56 Å². The van der Waals surface area contributed by atoms with Crippen LogP contribution in [0.2, 0.25) is 0 Å². The van der Waals surface area contributed by atoms with Gasteiger partial charge in [0.25, 0.3) is 5.56 Å². The maximum absolute atomic E-state index is 11.8. The average molecular weight is 186 g/mol. The van der Waals surface area contributed by atoms with Crippen LogP contribution in [0.3, 0.4) is 0 Å². The number of pyridine rings is 1. The van der Waals surface area contributed by atoms with Crippen molar-refractivity contribution in [1.29, 1.82) is 0 Å². The summed E-state index contributed by atoms with van der Waals surface area (Å²) in [5.74, 6) is 0. The van der Waals surface area contributed by atoms with E-state index in [0.717, 1.165) is 0 Å². The Kier molecular flexibility index (Phi) is 1.25. The molecule has 0 radical (unpaired) electrons. The van der Waals surface area contributed by atoms with Gasteiger partial charge in [0, 0.05) is 6.20 Å². The zero-order chi connectivity index (χ0) is 9.54. The van der Waals surface area contributed by atoms with Gasteiger partial charge in [0.15, 0.2) is 5.65 Å². The summed E-state index contributed by atoms with van der Waals surface area (Å²) in [6.45, 7) is 0. The van der Waals surface area contributed by atoms with E-state index in [4.69, 9.17) is 0 Å². The van der Waals surface area contributed by atoms with Gasteiger partial charge >= 0.3 is 0 Å². The Bertz CT molecular complexity index is 667. The molecule has 0 fully saturated rings. The van der Waals surface area contributed by atoms with E-state index in [0.29, 0.717) is 16.7 Å². The molecule has 0 bridgehead atoms. The highest BCUT2D eigenvalue weighted by atomic mass is 16.1. The van der Waals surface area contributed by atoms with Gasteiger partial charge in [-0.3, -0.25) is 14.3 Å². The first-order valence-electron chi connectivity index (χ1n) is 4.17. The van der Waals surface area contributed by atoms with E-state index in [9.17, 15) is 4.79 Å². The first-order chi connectivity index (χ1) is 6.86. The van der Waals surface area contributed by atoms with Crippen molar-refractivity contribution in [2.45, 2.75) is 0 Å². The summed E-state index contributed by atoms with van der Waals surface area (Å²) in [6, 6.07) is 5.41. The molecule has 0 aliphatic heterocycles. The Labute approximate surface area is 78.0 Å². The second kappa shape index (κ2) is 2.41. The normalized spacial score (nSPS) is 11.1. The predicted molar refractivity (Wildman–Crippen MR) is 51.1 cm³/mol. The van der Waals surface area contributed by atoms with Crippen molar-refractivity contribution >= 4 is 16.7 Å². The van der Waals surface area contributed by atoms with Crippen molar-refractivity contribution in [2.75, 3.05) is 0 Å². The monoisotopic (exact) mass is 186 g/mol. The smallest absolute Gasteiger partial charge is 0.268 e. The van der Waals surface area contributed by atoms with Gasteiger partial charge in [0.1, 0.15) is 11.0 Å². The van der Waals surface area contributed by atoms with Gasteiger partial charge in [-0.05, 0) is 12.1 Å². The molecule has 3 heterocycles. The third-order valence-electron chi connectivity index (χ3n) is 2.13. The Hall–Kier alpha value is -2.17. The fourth-order valence-electron chi connectivity index (χ4n) is 1.46. The van der Waals surface area contributed by atoms with Crippen LogP contribution in [0.15, 0.2) is 35.4 Å². The van der Waals surface area contributed by atoms with E-state index < -0.39 is 0 Å². The van der Waals surface area contributed by atoms with Gasteiger partial charge in [-0.1, -0.05) is 6.07 Å². The summed E-state index contributed by atoms with van der Waals surface area (Å²) in [7, 11) is 0. The highest BCUT2D eigenvalue weighted by Gasteiger charge is 2.04. The third kappa shape index (κ3) is 0.806. The molecule has 68 valence electrons. The first kappa shape index (κ1) is 7.25. The maximum Gasteiger partial charge on any atom is 0.268 e. The Morgan fingerprint density at radius 2 is 2.29 bits per heavy atom. The SMILES string of the molecule is O=c1c2cn[nH]c2nc2ccccn12. The minimum Gasteiger partial charge on any atom is -0.268 e. The summed E-state index contributed by atoms with van der Waals surface area (Å²) in [4.78, 5) is 16.1. The van der Waals surface area contributed by atoms with Crippen LogP contribution in [0.4, 0.5) is 0 Å². The molecule has 14 heavy (non-hydrogen) atoms. The lowest BCUT2D eigenvalue weighted by Gasteiger charge is -1.97. The number of hydrogen-bond acceptors (Lipinski definition) is 3. The molecule has 3 aromatic rings. The molecule has 3 rings (SSSR count). The zero-order valence-electron chi connectivity index (χ0n) is 7.14. The minimum absolute atomic E-state index is 0.0978. The van der Waals surface area contributed by atoms with Crippen LogP contribution >= 0.6 is 0 Å². The van der Waals surface area contributed by atoms with Gasteiger partial charge < -0.3 is 0 Å². The van der Waals surface area contributed by atoms with Crippen molar-refractivity contribution in [1.82, 2.24) is 19.6 Å².